The molecular formula is C16H23FN2O2. The molecule has 5 heteroatoms. The van der Waals surface area contributed by atoms with Crippen LogP contribution in [0.1, 0.15) is 33.1 Å². The zero-order valence-electron chi connectivity index (χ0n) is 12.9. The molecule has 1 fully saturated rings. The summed E-state index contributed by atoms with van der Waals surface area (Å²) in [6.45, 7) is 4.72. The van der Waals surface area contributed by atoms with Gasteiger partial charge in [-0.1, -0.05) is 0 Å². The standard InChI is InChI=1S/C16H23FN2O2/c1-11(2)19(3)15-7-6-12(9-14(15)17)18-16(20)10-13-5-4-8-21-13/h6-7,9,11,13H,4-5,8,10H2,1-3H3,(H,18,20)/t13-/m0/s1. The number of carbonyl (C=O) groups excluding carboxylic acids is 1. The third kappa shape index (κ3) is 4.17. The van der Waals surface area contributed by atoms with Crippen molar-refractivity contribution in [2.24, 2.45) is 0 Å². The van der Waals surface area contributed by atoms with Crippen LogP contribution in [-0.2, 0) is 9.53 Å². The van der Waals surface area contributed by atoms with E-state index in [-0.39, 0.29) is 23.9 Å². The second kappa shape index (κ2) is 6.89. The lowest BCUT2D eigenvalue weighted by Gasteiger charge is -2.24. The zero-order valence-corrected chi connectivity index (χ0v) is 12.9. The molecule has 1 heterocycles. The highest BCUT2D eigenvalue weighted by molar-refractivity contribution is 5.91. The van der Waals surface area contributed by atoms with E-state index in [0.717, 1.165) is 19.4 Å². The van der Waals surface area contributed by atoms with E-state index in [1.807, 2.05) is 25.8 Å². The Hall–Kier alpha value is -1.62. The van der Waals surface area contributed by atoms with Crippen LogP contribution in [0.3, 0.4) is 0 Å². The minimum Gasteiger partial charge on any atom is -0.378 e. The highest BCUT2D eigenvalue weighted by Gasteiger charge is 2.19. The number of hydrogen-bond donors (Lipinski definition) is 1. The van der Waals surface area contributed by atoms with Gasteiger partial charge in [-0.3, -0.25) is 4.79 Å². The van der Waals surface area contributed by atoms with Crippen LogP contribution in [0.2, 0.25) is 0 Å². The minimum absolute atomic E-state index is 0.00111. The molecule has 1 atom stereocenters. The van der Waals surface area contributed by atoms with Gasteiger partial charge in [-0.2, -0.15) is 0 Å². The van der Waals surface area contributed by atoms with E-state index in [1.165, 1.54) is 6.07 Å². The molecule has 21 heavy (non-hydrogen) atoms. The molecule has 1 aromatic carbocycles. The Morgan fingerprint density at radius 2 is 2.29 bits per heavy atom. The minimum atomic E-state index is -0.332. The van der Waals surface area contributed by atoms with Gasteiger partial charge in [0.2, 0.25) is 5.91 Å². The fourth-order valence-electron chi connectivity index (χ4n) is 2.37. The Balaban J connectivity index is 1.97. The number of halogens is 1. The van der Waals surface area contributed by atoms with Crippen LogP contribution in [0, 0.1) is 5.82 Å². The Labute approximate surface area is 125 Å². The summed E-state index contributed by atoms with van der Waals surface area (Å²) in [5.74, 6) is -0.465. The van der Waals surface area contributed by atoms with Crippen LogP contribution >= 0.6 is 0 Å². The van der Waals surface area contributed by atoms with Crippen molar-refractivity contribution in [1.29, 1.82) is 0 Å². The molecule has 0 aromatic heterocycles. The Morgan fingerprint density at radius 3 is 2.86 bits per heavy atom. The molecule has 0 bridgehead atoms. The van der Waals surface area contributed by atoms with E-state index in [0.29, 0.717) is 17.8 Å². The van der Waals surface area contributed by atoms with Gasteiger partial charge in [0.15, 0.2) is 0 Å². The lowest BCUT2D eigenvalue weighted by molar-refractivity contribution is -0.118. The summed E-state index contributed by atoms with van der Waals surface area (Å²) in [5, 5.41) is 2.73. The van der Waals surface area contributed by atoms with Crippen LogP contribution in [0.15, 0.2) is 18.2 Å². The maximum atomic E-state index is 14.1. The molecule has 2 rings (SSSR count). The topological polar surface area (TPSA) is 41.6 Å². The smallest absolute Gasteiger partial charge is 0.226 e. The van der Waals surface area contributed by atoms with E-state index in [9.17, 15) is 9.18 Å². The van der Waals surface area contributed by atoms with Gasteiger partial charge >= 0.3 is 0 Å². The predicted molar refractivity (Wildman–Crippen MR) is 82.2 cm³/mol. The molecule has 0 spiro atoms. The Kier molecular flexibility index (Phi) is 5.17. The SMILES string of the molecule is CC(C)N(C)c1ccc(NC(=O)C[C@@H]2CCCO2)cc1F. The number of anilines is 2. The summed E-state index contributed by atoms with van der Waals surface area (Å²) in [4.78, 5) is 13.7. The van der Waals surface area contributed by atoms with Crippen molar-refractivity contribution >= 4 is 17.3 Å². The second-order valence-corrected chi connectivity index (χ2v) is 5.76. The fraction of sp³-hybridized carbons (Fsp3) is 0.562. The van der Waals surface area contributed by atoms with Crippen molar-refractivity contribution in [2.75, 3.05) is 23.9 Å². The summed E-state index contributed by atoms with van der Waals surface area (Å²) in [5.41, 5.74) is 1.01. The van der Waals surface area contributed by atoms with Crippen molar-refractivity contribution < 1.29 is 13.9 Å². The summed E-state index contributed by atoms with van der Waals surface area (Å²) in [6.07, 6.45) is 2.25. The highest BCUT2D eigenvalue weighted by Crippen LogP contribution is 2.24. The number of ether oxygens (including phenoxy) is 1. The number of nitrogens with zero attached hydrogens (tertiary/aromatic N) is 1. The van der Waals surface area contributed by atoms with Crippen molar-refractivity contribution in [3.8, 4) is 0 Å². The first-order chi connectivity index (χ1) is 9.97. The number of nitrogens with one attached hydrogen (secondary N) is 1. The van der Waals surface area contributed by atoms with Crippen LogP contribution in [0.25, 0.3) is 0 Å². The van der Waals surface area contributed by atoms with E-state index >= 15 is 0 Å². The maximum absolute atomic E-state index is 14.1. The first-order valence-corrected chi connectivity index (χ1v) is 7.41. The molecule has 4 nitrogen and oxygen atoms in total. The molecule has 0 saturated carbocycles. The number of hydrogen-bond acceptors (Lipinski definition) is 3. The van der Waals surface area contributed by atoms with Crippen molar-refractivity contribution in [2.45, 2.75) is 45.3 Å². The Morgan fingerprint density at radius 1 is 1.52 bits per heavy atom. The van der Waals surface area contributed by atoms with Gasteiger partial charge in [0.25, 0.3) is 0 Å². The molecule has 1 aromatic rings. The van der Waals surface area contributed by atoms with E-state index < -0.39 is 0 Å². The van der Waals surface area contributed by atoms with E-state index in [4.69, 9.17) is 4.74 Å². The molecule has 0 unspecified atom stereocenters. The maximum Gasteiger partial charge on any atom is 0.226 e. The fourth-order valence-corrected chi connectivity index (χ4v) is 2.37. The first-order valence-electron chi connectivity index (χ1n) is 7.41. The van der Waals surface area contributed by atoms with Crippen molar-refractivity contribution in [1.82, 2.24) is 0 Å². The second-order valence-electron chi connectivity index (χ2n) is 5.76. The van der Waals surface area contributed by atoms with Crippen LogP contribution < -0.4 is 10.2 Å². The Bertz CT molecular complexity index is 499. The van der Waals surface area contributed by atoms with Crippen molar-refractivity contribution in [3.05, 3.63) is 24.0 Å². The van der Waals surface area contributed by atoms with Gasteiger partial charge in [-0.15, -0.1) is 0 Å². The molecule has 1 aliphatic heterocycles. The van der Waals surface area contributed by atoms with Gasteiger partial charge in [-0.25, -0.2) is 4.39 Å². The van der Waals surface area contributed by atoms with Gasteiger partial charge in [0.05, 0.1) is 18.2 Å². The normalized spacial score (nSPS) is 18.0. The van der Waals surface area contributed by atoms with Gasteiger partial charge in [0, 0.05) is 25.4 Å². The molecule has 0 aliphatic carbocycles. The summed E-state index contributed by atoms with van der Waals surface area (Å²) < 4.78 is 19.5. The quantitative estimate of drug-likeness (QED) is 0.907. The highest BCUT2D eigenvalue weighted by atomic mass is 19.1. The third-order valence-electron chi connectivity index (χ3n) is 3.82. The van der Waals surface area contributed by atoms with Gasteiger partial charge < -0.3 is 15.0 Å². The number of amides is 1. The number of carbonyl (C=O) groups is 1. The van der Waals surface area contributed by atoms with Crippen LogP contribution in [0.4, 0.5) is 15.8 Å². The zero-order chi connectivity index (χ0) is 15.4. The predicted octanol–water partition coefficient (Wildman–Crippen LogP) is 3.18. The number of rotatable bonds is 5. The van der Waals surface area contributed by atoms with Gasteiger partial charge in [0.1, 0.15) is 5.82 Å². The average Bonchev–Trinajstić information content (AvgIpc) is 2.90. The molecular weight excluding hydrogens is 271 g/mol. The molecule has 116 valence electrons. The van der Waals surface area contributed by atoms with Crippen LogP contribution in [0.5, 0.6) is 0 Å². The third-order valence-corrected chi connectivity index (χ3v) is 3.82. The molecule has 1 amide bonds. The van der Waals surface area contributed by atoms with E-state index in [1.54, 1.807) is 12.1 Å². The molecule has 1 N–H and O–H groups in total. The van der Waals surface area contributed by atoms with Gasteiger partial charge in [-0.05, 0) is 44.9 Å². The molecule has 1 aliphatic rings. The lowest BCUT2D eigenvalue weighted by atomic mass is 10.1. The summed E-state index contributed by atoms with van der Waals surface area (Å²) in [6, 6.07) is 4.99. The van der Waals surface area contributed by atoms with Crippen LogP contribution in [-0.4, -0.2) is 31.7 Å². The van der Waals surface area contributed by atoms with Crippen molar-refractivity contribution in [3.63, 3.8) is 0 Å². The lowest BCUT2D eigenvalue weighted by Crippen LogP contribution is -2.26. The summed E-state index contributed by atoms with van der Waals surface area (Å²) >= 11 is 0. The summed E-state index contributed by atoms with van der Waals surface area (Å²) in [7, 11) is 1.85. The monoisotopic (exact) mass is 294 g/mol. The van der Waals surface area contributed by atoms with E-state index in [2.05, 4.69) is 5.32 Å². The largest absolute Gasteiger partial charge is 0.378 e. The average molecular weight is 294 g/mol. The molecule has 1 saturated heterocycles. The molecule has 0 radical (unpaired) electrons. The number of benzene rings is 1. The first kappa shape index (κ1) is 15.8.